The highest BCUT2D eigenvalue weighted by atomic mass is 16.2. The molecule has 6 heteroatoms. The van der Waals surface area contributed by atoms with Crippen LogP contribution in [0.2, 0.25) is 0 Å². The zero-order chi connectivity index (χ0) is 18.9. The first-order valence-corrected chi connectivity index (χ1v) is 10.3. The Bertz CT molecular complexity index is 577. The molecule has 1 saturated carbocycles. The molecule has 0 radical (unpaired) electrons. The number of nitrogens with zero attached hydrogens (tertiary/aromatic N) is 2. The molecule has 2 atom stereocenters. The van der Waals surface area contributed by atoms with Crippen LogP contribution in [-0.2, 0) is 9.59 Å². The molecule has 1 N–H and O–H groups in total. The lowest BCUT2D eigenvalue weighted by molar-refractivity contribution is -0.141. The highest BCUT2D eigenvalue weighted by Gasteiger charge is 2.55. The number of carbonyl (C=O) groups excluding carboxylic acids is 3. The molecule has 0 aromatic rings. The van der Waals surface area contributed by atoms with Gasteiger partial charge in [-0.15, -0.1) is 0 Å². The number of piperidine rings is 1. The zero-order valence-electron chi connectivity index (χ0n) is 16.5. The van der Waals surface area contributed by atoms with Crippen molar-refractivity contribution in [1.29, 1.82) is 0 Å². The first kappa shape index (κ1) is 19.2. The van der Waals surface area contributed by atoms with Crippen molar-refractivity contribution in [2.24, 2.45) is 11.3 Å². The molecule has 0 bridgehead atoms. The maximum atomic E-state index is 13.0. The third-order valence-electron chi connectivity index (χ3n) is 7.47. The number of imide groups is 1. The van der Waals surface area contributed by atoms with Gasteiger partial charge in [0.15, 0.2) is 0 Å². The van der Waals surface area contributed by atoms with E-state index in [9.17, 15) is 14.4 Å². The molecule has 0 aromatic carbocycles. The van der Waals surface area contributed by atoms with Crippen LogP contribution in [0.3, 0.4) is 0 Å². The van der Waals surface area contributed by atoms with Gasteiger partial charge in [0.1, 0.15) is 12.1 Å². The van der Waals surface area contributed by atoms with Crippen LogP contribution in [0.1, 0.15) is 72.1 Å². The molecule has 2 saturated heterocycles. The number of rotatable bonds is 4. The van der Waals surface area contributed by atoms with E-state index in [1.165, 1.54) is 0 Å². The zero-order valence-corrected chi connectivity index (χ0v) is 16.5. The van der Waals surface area contributed by atoms with Crippen molar-refractivity contribution < 1.29 is 14.4 Å². The molecule has 3 aliphatic rings. The standard InChI is InChI=1S/C20H33N3O3/c1-4-19(5-2)10-12-22(13-11-19)16(24)14-23-17(25)20(21-18(23)26)9-7-6-8-15(20)3/h15H,4-14H2,1-3H3,(H,21,26)/t15-,20+/m0/s1. The van der Waals surface area contributed by atoms with Crippen molar-refractivity contribution >= 4 is 17.8 Å². The maximum absolute atomic E-state index is 13.0. The summed E-state index contributed by atoms with van der Waals surface area (Å²) in [5, 5.41) is 2.93. The molecule has 1 aliphatic carbocycles. The first-order chi connectivity index (χ1) is 12.4. The summed E-state index contributed by atoms with van der Waals surface area (Å²) in [5.74, 6) is -0.177. The first-order valence-electron chi connectivity index (χ1n) is 10.3. The Balaban J connectivity index is 1.63. The second-order valence-electron chi connectivity index (χ2n) is 8.53. The van der Waals surface area contributed by atoms with Crippen molar-refractivity contribution in [3.8, 4) is 0 Å². The summed E-state index contributed by atoms with van der Waals surface area (Å²) in [4.78, 5) is 41.2. The van der Waals surface area contributed by atoms with E-state index >= 15 is 0 Å². The topological polar surface area (TPSA) is 69.7 Å². The summed E-state index contributed by atoms with van der Waals surface area (Å²) >= 11 is 0. The summed E-state index contributed by atoms with van der Waals surface area (Å²) in [5.41, 5.74) is -0.434. The Morgan fingerprint density at radius 3 is 2.35 bits per heavy atom. The quantitative estimate of drug-likeness (QED) is 0.781. The fraction of sp³-hybridized carbons (Fsp3) is 0.850. The molecule has 0 unspecified atom stereocenters. The largest absolute Gasteiger partial charge is 0.341 e. The second kappa shape index (κ2) is 7.20. The van der Waals surface area contributed by atoms with Gasteiger partial charge in [0.2, 0.25) is 5.91 Å². The number of urea groups is 1. The summed E-state index contributed by atoms with van der Waals surface area (Å²) in [6.45, 7) is 7.81. The number of likely N-dealkylation sites (tertiary alicyclic amines) is 1. The van der Waals surface area contributed by atoms with Gasteiger partial charge in [-0.1, -0.05) is 46.5 Å². The lowest BCUT2D eigenvalue weighted by Crippen LogP contribution is -2.54. The van der Waals surface area contributed by atoms with Crippen LogP contribution in [-0.4, -0.2) is 52.8 Å². The van der Waals surface area contributed by atoms with Gasteiger partial charge in [-0.05, 0) is 37.0 Å². The molecule has 26 heavy (non-hydrogen) atoms. The van der Waals surface area contributed by atoms with Crippen molar-refractivity contribution in [3.63, 3.8) is 0 Å². The van der Waals surface area contributed by atoms with E-state index in [0.717, 1.165) is 62.9 Å². The normalized spacial score (nSPS) is 31.4. The van der Waals surface area contributed by atoms with Crippen molar-refractivity contribution in [3.05, 3.63) is 0 Å². The summed E-state index contributed by atoms with van der Waals surface area (Å²) in [7, 11) is 0. The van der Waals surface area contributed by atoms with Crippen LogP contribution in [0, 0.1) is 11.3 Å². The van der Waals surface area contributed by atoms with Crippen molar-refractivity contribution in [1.82, 2.24) is 15.1 Å². The molecule has 146 valence electrons. The van der Waals surface area contributed by atoms with Gasteiger partial charge >= 0.3 is 6.03 Å². The average Bonchev–Trinajstić information content (AvgIpc) is 2.89. The lowest BCUT2D eigenvalue weighted by atomic mass is 9.73. The van der Waals surface area contributed by atoms with Gasteiger partial charge in [0.25, 0.3) is 5.91 Å². The molecular weight excluding hydrogens is 330 g/mol. The van der Waals surface area contributed by atoms with E-state index in [0.29, 0.717) is 11.8 Å². The Morgan fingerprint density at radius 1 is 1.12 bits per heavy atom. The Kier molecular flexibility index (Phi) is 5.31. The highest BCUT2D eigenvalue weighted by Crippen LogP contribution is 2.39. The number of carbonyl (C=O) groups is 3. The highest BCUT2D eigenvalue weighted by molar-refractivity contribution is 6.09. The lowest BCUT2D eigenvalue weighted by Gasteiger charge is -2.41. The minimum absolute atomic E-state index is 0.102. The number of hydrogen-bond donors (Lipinski definition) is 1. The predicted molar refractivity (Wildman–Crippen MR) is 99.4 cm³/mol. The van der Waals surface area contributed by atoms with E-state index in [4.69, 9.17) is 0 Å². The maximum Gasteiger partial charge on any atom is 0.325 e. The Hall–Kier alpha value is -1.59. The van der Waals surface area contributed by atoms with E-state index < -0.39 is 11.6 Å². The second-order valence-corrected chi connectivity index (χ2v) is 8.53. The van der Waals surface area contributed by atoms with Crippen LogP contribution >= 0.6 is 0 Å². The van der Waals surface area contributed by atoms with E-state index in [1.807, 2.05) is 11.8 Å². The van der Waals surface area contributed by atoms with Gasteiger partial charge in [-0.25, -0.2) is 4.79 Å². The van der Waals surface area contributed by atoms with Gasteiger partial charge < -0.3 is 10.2 Å². The van der Waals surface area contributed by atoms with Crippen LogP contribution in [0.5, 0.6) is 0 Å². The van der Waals surface area contributed by atoms with E-state index in [-0.39, 0.29) is 24.3 Å². The van der Waals surface area contributed by atoms with Gasteiger partial charge in [-0.2, -0.15) is 0 Å². The van der Waals surface area contributed by atoms with Gasteiger partial charge in [0, 0.05) is 13.1 Å². The smallest absolute Gasteiger partial charge is 0.325 e. The Labute approximate surface area is 156 Å². The fourth-order valence-electron chi connectivity index (χ4n) is 5.06. The van der Waals surface area contributed by atoms with Crippen LogP contribution in [0.25, 0.3) is 0 Å². The SMILES string of the molecule is CCC1(CC)CCN(C(=O)CN2C(=O)N[C@@]3(CCCC[C@@H]3C)C2=O)CC1. The van der Waals surface area contributed by atoms with Crippen LogP contribution < -0.4 is 5.32 Å². The predicted octanol–water partition coefficient (Wildman–Crippen LogP) is 2.92. The van der Waals surface area contributed by atoms with Crippen molar-refractivity contribution in [2.75, 3.05) is 19.6 Å². The molecule has 6 nitrogen and oxygen atoms in total. The summed E-state index contributed by atoms with van der Waals surface area (Å²) in [6.07, 6.45) is 7.95. The monoisotopic (exact) mass is 363 g/mol. The third kappa shape index (κ3) is 3.12. The minimum Gasteiger partial charge on any atom is -0.341 e. The Morgan fingerprint density at radius 2 is 1.77 bits per heavy atom. The molecule has 4 amide bonds. The molecule has 1 spiro atoms. The number of hydrogen-bond acceptors (Lipinski definition) is 3. The molecule has 0 aromatic heterocycles. The summed E-state index contributed by atoms with van der Waals surface area (Å²) in [6, 6.07) is -0.398. The summed E-state index contributed by atoms with van der Waals surface area (Å²) < 4.78 is 0. The minimum atomic E-state index is -0.781. The molecule has 2 aliphatic heterocycles. The van der Waals surface area contributed by atoms with E-state index in [2.05, 4.69) is 19.2 Å². The van der Waals surface area contributed by atoms with Gasteiger partial charge in [0.05, 0.1) is 0 Å². The van der Waals surface area contributed by atoms with E-state index in [1.54, 1.807) is 0 Å². The molecule has 3 rings (SSSR count). The molecule has 2 heterocycles. The fourth-order valence-corrected chi connectivity index (χ4v) is 5.06. The number of amides is 4. The third-order valence-corrected chi connectivity index (χ3v) is 7.47. The van der Waals surface area contributed by atoms with Crippen LogP contribution in [0.4, 0.5) is 4.79 Å². The van der Waals surface area contributed by atoms with Crippen LogP contribution in [0.15, 0.2) is 0 Å². The molecule has 3 fully saturated rings. The average molecular weight is 364 g/mol. The number of nitrogens with one attached hydrogen (secondary N) is 1. The van der Waals surface area contributed by atoms with Gasteiger partial charge in [-0.3, -0.25) is 14.5 Å². The van der Waals surface area contributed by atoms with Crippen molar-refractivity contribution in [2.45, 2.75) is 77.7 Å². The molecular formula is C20H33N3O3.